The Labute approximate surface area is 198 Å². The minimum atomic E-state index is -4.32. The number of benzene rings is 1. The van der Waals surface area contributed by atoms with Gasteiger partial charge in [0.2, 0.25) is 0 Å². The van der Waals surface area contributed by atoms with E-state index in [2.05, 4.69) is 20.4 Å². The van der Waals surface area contributed by atoms with E-state index in [9.17, 15) is 18.0 Å². The van der Waals surface area contributed by atoms with Crippen LogP contribution in [0.3, 0.4) is 0 Å². The highest BCUT2D eigenvalue weighted by atomic mass is 127. The third kappa shape index (κ3) is 14.0. The van der Waals surface area contributed by atoms with Gasteiger partial charge in [-0.3, -0.25) is 4.99 Å². The first kappa shape index (κ1) is 29.2. The highest BCUT2D eigenvalue weighted by Gasteiger charge is 2.27. The molecule has 0 unspecified atom stereocenters. The Bertz CT molecular complexity index is 692. The van der Waals surface area contributed by atoms with Crippen LogP contribution in [0.5, 0.6) is 0 Å². The fourth-order valence-corrected chi connectivity index (χ4v) is 2.22. The van der Waals surface area contributed by atoms with E-state index < -0.39 is 24.5 Å². The van der Waals surface area contributed by atoms with Gasteiger partial charge >= 0.3 is 12.3 Å². The largest absolute Gasteiger partial charge is 0.444 e. The summed E-state index contributed by atoms with van der Waals surface area (Å²) in [5, 5.41) is 6.24. The van der Waals surface area contributed by atoms with E-state index >= 15 is 0 Å². The number of hydrogen-bond donors (Lipinski definition) is 2. The average molecular weight is 560 g/mol. The number of rotatable bonds is 8. The SMILES string of the molecule is CN=C(NCCN(C)C(=O)OC(C)(C)C)NCc1ccc(COCC(F)(F)F)cc1.I. The van der Waals surface area contributed by atoms with Crippen molar-refractivity contribution >= 4 is 36.0 Å². The lowest BCUT2D eigenvalue weighted by Gasteiger charge is -2.24. The Morgan fingerprint density at radius 2 is 1.68 bits per heavy atom. The van der Waals surface area contributed by atoms with E-state index in [0.29, 0.717) is 31.2 Å². The van der Waals surface area contributed by atoms with Crippen LogP contribution in [0.15, 0.2) is 29.3 Å². The molecule has 0 aromatic heterocycles. The normalized spacial score (nSPS) is 12.1. The first-order valence-electron chi connectivity index (χ1n) is 9.50. The van der Waals surface area contributed by atoms with Crippen LogP contribution in [0.25, 0.3) is 0 Å². The molecule has 0 aliphatic carbocycles. The number of aliphatic imine (C=N–C) groups is 1. The Balaban J connectivity index is 0.00000900. The summed E-state index contributed by atoms with van der Waals surface area (Å²) in [4.78, 5) is 17.5. The van der Waals surface area contributed by atoms with Crippen LogP contribution in [0.4, 0.5) is 18.0 Å². The Morgan fingerprint density at radius 3 is 2.19 bits per heavy atom. The Morgan fingerprint density at radius 1 is 1.10 bits per heavy atom. The lowest BCUT2D eigenvalue weighted by atomic mass is 10.1. The van der Waals surface area contributed by atoms with Crippen molar-refractivity contribution in [3.63, 3.8) is 0 Å². The molecule has 1 aromatic carbocycles. The summed E-state index contributed by atoms with van der Waals surface area (Å²) in [7, 11) is 3.29. The Hall–Kier alpha value is -1.76. The quantitative estimate of drug-likeness (QED) is 0.287. The first-order valence-corrected chi connectivity index (χ1v) is 9.50. The summed E-state index contributed by atoms with van der Waals surface area (Å²) in [5.74, 6) is 0.560. The maximum absolute atomic E-state index is 12.1. The number of hydrogen-bond acceptors (Lipinski definition) is 4. The second-order valence-corrected chi connectivity index (χ2v) is 7.68. The van der Waals surface area contributed by atoms with Crippen LogP contribution in [-0.2, 0) is 22.6 Å². The van der Waals surface area contributed by atoms with Gasteiger partial charge in [-0.25, -0.2) is 4.79 Å². The van der Waals surface area contributed by atoms with Crippen molar-refractivity contribution in [3.8, 4) is 0 Å². The smallest absolute Gasteiger partial charge is 0.411 e. The van der Waals surface area contributed by atoms with Crippen molar-refractivity contribution in [1.82, 2.24) is 15.5 Å². The molecule has 0 spiro atoms. The Kier molecular flexibility index (Phi) is 12.8. The van der Waals surface area contributed by atoms with Gasteiger partial charge in [-0.05, 0) is 31.9 Å². The maximum Gasteiger partial charge on any atom is 0.411 e. The minimum Gasteiger partial charge on any atom is -0.444 e. The number of nitrogens with zero attached hydrogens (tertiary/aromatic N) is 2. The van der Waals surface area contributed by atoms with Crippen molar-refractivity contribution in [2.45, 2.75) is 45.7 Å². The number of amides is 1. The molecule has 0 aliphatic rings. The lowest BCUT2D eigenvalue weighted by molar-refractivity contribution is -0.176. The zero-order valence-corrected chi connectivity index (χ0v) is 20.8. The first-order chi connectivity index (χ1) is 13.9. The van der Waals surface area contributed by atoms with E-state index in [1.165, 1.54) is 4.90 Å². The molecule has 0 saturated carbocycles. The molecule has 0 aliphatic heterocycles. The van der Waals surface area contributed by atoms with E-state index in [1.54, 1.807) is 26.2 Å². The maximum atomic E-state index is 12.1. The van der Waals surface area contributed by atoms with Gasteiger partial charge in [0.1, 0.15) is 12.2 Å². The van der Waals surface area contributed by atoms with E-state index in [4.69, 9.17) is 4.74 Å². The molecule has 0 atom stereocenters. The van der Waals surface area contributed by atoms with Gasteiger partial charge in [0.25, 0.3) is 0 Å². The number of guanidine groups is 1. The molecule has 1 rings (SSSR count). The van der Waals surface area contributed by atoms with Gasteiger partial charge in [-0.1, -0.05) is 24.3 Å². The number of ether oxygens (including phenoxy) is 2. The molecule has 0 bridgehead atoms. The van der Waals surface area contributed by atoms with Crippen molar-refractivity contribution < 1.29 is 27.4 Å². The third-order valence-corrected chi connectivity index (χ3v) is 3.69. The third-order valence-electron chi connectivity index (χ3n) is 3.69. The number of halogens is 4. The molecule has 0 saturated heterocycles. The summed E-state index contributed by atoms with van der Waals surface area (Å²) >= 11 is 0. The van der Waals surface area contributed by atoms with Crippen LogP contribution in [0.2, 0.25) is 0 Å². The van der Waals surface area contributed by atoms with Crippen LogP contribution in [-0.4, -0.2) is 62.5 Å². The van der Waals surface area contributed by atoms with Crippen LogP contribution in [0, 0.1) is 0 Å². The molecule has 1 aromatic rings. The minimum absolute atomic E-state index is 0. The zero-order valence-electron chi connectivity index (χ0n) is 18.5. The second-order valence-electron chi connectivity index (χ2n) is 7.68. The summed E-state index contributed by atoms with van der Waals surface area (Å²) in [6.45, 7) is 5.46. The molecule has 11 heteroatoms. The molecule has 0 heterocycles. The van der Waals surface area contributed by atoms with Crippen LogP contribution >= 0.6 is 24.0 Å². The van der Waals surface area contributed by atoms with Gasteiger partial charge in [-0.15, -0.1) is 24.0 Å². The van der Waals surface area contributed by atoms with E-state index in [0.717, 1.165) is 5.56 Å². The van der Waals surface area contributed by atoms with Crippen molar-refractivity contribution in [2.75, 3.05) is 33.8 Å². The number of carbonyl (C=O) groups is 1. The van der Waals surface area contributed by atoms with Gasteiger partial charge in [0, 0.05) is 33.7 Å². The summed E-state index contributed by atoms with van der Waals surface area (Å²) in [6.07, 6.45) is -4.72. The standard InChI is InChI=1S/C20H31F3N4O3.HI/c1-19(2,3)30-18(28)27(5)11-10-25-17(24-4)26-12-15-6-8-16(9-7-15)13-29-14-20(21,22)23;/h6-9H,10-14H2,1-5H3,(H2,24,25,26);1H. The highest BCUT2D eigenvalue weighted by Crippen LogP contribution is 2.16. The molecular weight excluding hydrogens is 528 g/mol. The number of likely N-dealkylation sites (N-methyl/N-ethyl adjacent to an activating group) is 1. The van der Waals surface area contributed by atoms with Crippen molar-refractivity contribution in [3.05, 3.63) is 35.4 Å². The van der Waals surface area contributed by atoms with Crippen LogP contribution < -0.4 is 10.6 Å². The molecule has 1 amide bonds. The predicted octanol–water partition coefficient (Wildman–Crippen LogP) is 3.92. The average Bonchev–Trinajstić information content (AvgIpc) is 2.63. The van der Waals surface area contributed by atoms with Gasteiger partial charge < -0.3 is 25.0 Å². The fraction of sp³-hybridized carbons (Fsp3) is 0.600. The number of nitrogens with one attached hydrogen (secondary N) is 2. The predicted molar refractivity (Wildman–Crippen MR) is 125 cm³/mol. The van der Waals surface area contributed by atoms with Crippen molar-refractivity contribution in [2.24, 2.45) is 4.99 Å². The molecular formula is C20H32F3IN4O3. The number of alkyl halides is 3. The van der Waals surface area contributed by atoms with Crippen molar-refractivity contribution in [1.29, 1.82) is 0 Å². The molecule has 7 nitrogen and oxygen atoms in total. The lowest BCUT2D eigenvalue weighted by Crippen LogP contribution is -2.42. The summed E-state index contributed by atoms with van der Waals surface area (Å²) in [6, 6.07) is 7.06. The molecule has 2 N–H and O–H groups in total. The van der Waals surface area contributed by atoms with E-state index in [-0.39, 0.29) is 30.6 Å². The molecule has 0 fully saturated rings. The zero-order chi connectivity index (χ0) is 22.8. The topological polar surface area (TPSA) is 75.2 Å². The van der Waals surface area contributed by atoms with E-state index in [1.807, 2.05) is 32.9 Å². The highest BCUT2D eigenvalue weighted by molar-refractivity contribution is 14.0. The monoisotopic (exact) mass is 560 g/mol. The van der Waals surface area contributed by atoms with Crippen LogP contribution in [0.1, 0.15) is 31.9 Å². The molecule has 178 valence electrons. The van der Waals surface area contributed by atoms with Gasteiger partial charge in [0.05, 0.1) is 6.61 Å². The molecule has 31 heavy (non-hydrogen) atoms. The van der Waals surface area contributed by atoms with Gasteiger partial charge in [-0.2, -0.15) is 13.2 Å². The number of carbonyl (C=O) groups excluding carboxylic acids is 1. The second kappa shape index (κ2) is 13.6. The summed E-state index contributed by atoms with van der Waals surface area (Å²) < 4.78 is 46.2. The van der Waals surface area contributed by atoms with Gasteiger partial charge in [0.15, 0.2) is 5.96 Å². The molecule has 0 radical (unpaired) electrons. The summed E-state index contributed by atoms with van der Waals surface area (Å²) in [5.41, 5.74) is 1.05. The fourth-order valence-electron chi connectivity index (χ4n) is 2.22.